The smallest absolute Gasteiger partial charge is 0.325 e. The third-order valence-corrected chi connectivity index (χ3v) is 3.87. The van der Waals surface area contributed by atoms with Crippen LogP contribution in [-0.2, 0) is 11.3 Å². The molecule has 2 aromatic carbocycles. The van der Waals surface area contributed by atoms with Crippen LogP contribution in [0.2, 0.25) is 0 Å². The van der Waals surface area contributed by atoms with Crippen LogP contribution in [0, 0.1) is 6.92 Å². The molecule has 7 heteroatoms. The predicted octanol–water partition coefficient (Wildman–Crippen LogP) is 2.65. The Bertz CT molecular complexity index is 999. The molecule has 3 aromatic rings. The van der Waals surface area contributed by atoms with Gasteiger partial charge in [0.25, 0.3) is 0 Å². The zero-order valence-electron chi connectivity index (χ0n) is 14.4. The molecule has 0 bridgehead atoms. The number of nitrogens with zero attached hydrogens (tertiary/aromatic N) is 2. The van der Waals surface area contributed by atoms with Gasteiger partial charge in [-0.1, -0.05) is 35.0 Å². The first kappa shape index (κ1) is 17.3. The second-order valence-electron chi connectivity index (χ2n) is 5.91. The fraction of sp³-hybridized carbons (Fsp3) is 0.158. The van der Waals surface area contributed by atoms with E-state index in [-0.39, 0.29) is 18.2 Å². The molecule has 0 unspecified atom stereocenters. The highest BCUT2D eigenvalue weighted by molar-refractivity contribution is 5.95. The van der Waals surface area contributed by atoms with Gasteiger partial charge in [0.05, 0.1) is 0 Å². The van der Waals surface area contributed by atoms with Gasteiger partial charge in [0.15, 0.2) is 11.6 Å². The van der Waals surface area contributed by atoms with Crippen LogP contribution in [0.25, 0.3) is 11.4 Å². The fourth-order valence-corrected chi connectivity index (χ4v) is 2.45. The van der Waals surface area contributed by atoms with Gasteiger partial charge >= 0.3 is 5.76 Å². The number of hydrogen-bond donors (Lipinski definition) is 1. The highest BCUT2D eigenvalue weighted by atomic mass is 16.5. The van der Waals surface area contributed by atoms with Gasteiger partial charge in [0, 0.05) is 16.8 Å². The van der Waals surface area contributed by atoms with Crippen molar-refractivity contribution >= 4 is 17.4 Å². The van der Waals surface area contributed by atoms with E-state index in [0.29, 0.717) is 16.8 Å². The minimum Gasteiger partial charge on any atom is -0.325 e. The average Bonchev–Trinajstić information content (AvgIpc) is 2.97. The van der Waals surface area contributed by atoms with E-state index in [9.17, 15) is 14.4 Å². The van der Waals surface area contributed by atoms with Gasteiger partial charge in [-0.05, 0) is 38.1 Å². The van der Waals surface area contributed by atoms with E-state index in [2.05, 4.69) is 10.5 Å². The summed E-state index contributed by atoms with van der Waals surface area (Å²) in [6, 6.07) is 13.9. The van der Waals surface area contributed by atoms with Gasteiger partial charge in [-0.3, -0.25) is 14.1 Å². The van der Waals surface area contributed by atoms with Crippen molar-refractivity contribution in [1.29, 1.82) is 0 Å². The molecule has 1 amide bonds. The Hall–Kier alpha value is -3.48. The third kappa shape index (κ3) is 3.77. The number of carbonyl (C=O) groups excluding carboxylic acids is 2. The van der Waals surface area contributed by atoms with Gasteiger partial charge in [0.2, 0.25) is 5.91 Å². The zero-order chi connectivity index (χ0) is 18.7. The summed E-state index contributed by atoms with van der Waals surface area (Å²) in [5.41, 5.74) is 2.83. The Kier molecular flexibility index (Phi) is 4.79. The Morgan fingerprint density at radius 2 is 1.73 bits per heavy atom. The third-order valence-electron chi connectivity index (χ3n) is 3.87. The number of rotatable bonds is 5. The van der Waals surface area contributed by atoms with E-state index < -0.39 is 11.7 Å². The molecule has 1 N–H and O–H groups in total. The number of amides is 1. The fourth-order valence-electron chi connectivity index (χ4n) is 2.45. The van der Waals surface area contributed by atoms with E-state index in [4.69, 9.17) is 4.52 Å². The lowest BCUT2D eigenvalue weighted by molar-refractivity contribution is -0.116. The van der Waals surface area contributed by atoms with E-state index in [1.807, 2.05) is 31.2 Å². The minimum absolute atomic E-state index is 0.0540. The molecule has 0 atom stereocenters. The molecule has 0 saturated carbocycles. The van der Waals surface area contributed by atoms with Crippen molar-refractivity contribution < 1.29 is 14.1 Å². The number of anilines is 1. The maximum atomic E-state index is 12.3. The molecule has 132 valence electrons. The van der Waals surface area contributed by atoms with Crippen molar-refractivity contribution in [2.45, 2.75) is 20.4 Å². The number of aryl methyl sites for hydroxylation is 1. The SMILES string of the molecule is CC(=O)c1ccc(NC(=O)Cn2c(-c3ccc(C)cc3)noc2=O)cc1. The Balaban J connectivity index is 1.77. The quantitative estimate of drug-likeness (QED) is 0.713. The van der Waals surface area contributed by atoms with Crippen LogP contribution in [0.1, 0.15) is 22.8 Å². The van der Waals surface area contributed by atoms with Gasteiger partial charge < -0.3 is 5.32 Å². The first-order valence-corrected chi connectivity index (χ1v) is 7.98. The van der Waals surface area contributed by atoms with Crippen LogP contribution in [0.3, 0.4) is 0 Å². The molecule has 0 aliphatic rings. The number of nitrogens with one attached hydrogen (secondary N) is 1. The number of aromatic nitrogens is 2. The molecule has 26 heavy (non-hydrogen) atoms. The van der Waals surface area contributed by atoms with E-state index in [0.717, 1.165) is 5.56 Å². The van der Waals surface area contributed by atoms with Crippen LogP contribution in [0.5, 0.6) is 0 Å². The minimum atomic E-state index is -0.706. The van der Waals surface area contributed by atoms with Crippen molar-refractivity contribution in [2.24, 2.45) is 0 Å². The van der Waals surface area contributed by atoms with E-state index in [1.54, 1.807) is 24.3 Å². The van der Waals surface area contributed by atoms with Crippen molar-refractivity contribution in [2.75, 3.05) is 5.32 Å². The van der Waals surface area contributed by atoms with Gasteiger partial charge in [0.1, 0.15) is 6.54 Å². The van der Waals surface area contributed by atoms with E-state index in [1.165, 1.54) is 11.5 Å². The number of hydrogen-bond acceptors (Lipinski definition) is 5. The lowest BCUT2D eigenvalue weighted by Crippen LogP contribution is -2.25. The standard InChI is InChI=1S/C19H17N3O4/c1-12-3-5-15(6-4-12)18-21-26-19(25)22(18)11-17(24)20-16-9-7-14(8-10-16)13(2)23/h3-10H,11H2,1-2H3,(H,20,24). The highest BCUT2D eigenvalue weighted by Gasteiger charge is 2.16. The van der Waals surface area contributed by atoms with Crippen LogP contribution >= 0.6 is 0 Å². The first-order chi connectivity index (χ1) is 12.4. The summed E-state index contributed by atoms with van der Waals surface area (Å²) >= 11 is 0. The Labute approximate surface area is 149 Å². The number of carbonyl (C=O) groups is 2. The van der Waals surface area contributed by atoms with Gasteiger partial charge in [-0.15, -0.1) is 0 Å². The highest BCUT2D eigenvalue weighted by Crippen LogP contribution is 2.17. The summed E-state index contributed by atoms with van der Waals surface area (Å²) in [5, 5.41) is 6.45. The lowest BCUT2D eigenvalue weighted by Gasteiger charge is -2.07. The number of ketones is 1. The maximum Gasteiger partial charge on any atom is 0.442 e. The molecular formula is C19H17N3O4. The van der Waals surface area contributed by atoms with Crippen LogP contribution in [-0.4, -0.2) is 21.4 Å². The molecule has 0 aliphatic carbocycles. The predicted molar refractivity (Wildman–Crippen MR) is 96.0 cm³/mol. The Morgan fingerprint density at radius 1 is 1.08 bits per heavy atom. The second-order valence-corrected chi connectivity index (χ2v) is 5.91. The molecule has 3 rings (SSSR count). The summed E-state index contributed by atoms with van der Waals surface area (Å²) in [7, 11) is 0. The second kappa shape index (κ2) is 7.18. The molecule has 0 fully saturated rings. The summed E-state index contributed by atoms with van der Waals surface area (Å²) in [4.78, 5) is 35.5. The topological polar surface area (TPSA) is 94.2 Å². The average molecular weight is 351 g/mol. The molecule has 1 heterocycles. The zero-order valence-corrected chi connectivity index (χ0v) is 14.4. The molecule has 0 spiro atoms. The van der Waals surface area contributed by atoms with Gasteiger partial charge in [-0.2, -0.15) is 0 Å². The van der Waals surface area contributed by atoms with Crippen molar-refractivity contribution in [3.63, 3.8) is 0 Å². The summed E-state index contributed by atoms with van der Waals surface area (Å²) < 4.78 is 5.88. The van der Waals surface area contributed by atoms with Crippen molar-refractivity contribution in [3.8, 4) is 11.4 Å². The normalized spacial score (nSPS) is 10.5. The van der Waals surface area contributed by atoms with Gasteiger partial charge in [-0.25, -0.2) is 9.36 Å². The molecule has 0 saturated heterocycles. The van der Waals surface area contributed by atoms with Crippen LogP contribution in [0.15, 0.2) is 57.8 Å². The number of Topliss-reactive ketones (excluding diaryl/α,β-unsaturated/α-hetero) is 1. The maximum absolute atomic E-state index is 12.3. The molecular weight excluding hydrogens is 334 g/mol. The Morgan fingerprint density at radius 3 is 2.35 bits per heavy atom. The molecule has 0 radical (unpaired) electrons. The molecule has 0 aliphatic heterocycles. The first-order valence-electron chi connectivity index (χ1n) is 7.98. The monoisotopic (exact) mass is 351 g/mol. The van der Waals surface area contributed by atoms with Crippen LogP contribution < -0.4 is 11.1 Å². The summed E-state index contributed by atoms with van der Waals surface area (Å²) in [5.74, 6) is -0.874. The van der Waals surface area contributed by atoms with Crippen molar-refractivity contribution in [1.82, 2.24) is 9.72 Å². The summed E-state index contributed by atoms with van der Waals surface area (Å²) in [6.07, 6.45) is 0. The summed E-state index contributed by atoms with van der Waals surface area (Å²) in [6.45, 7) is 3.18. The van der Waals surface area contributed by atoms with E-state index >= 15 is 0 Å². The lowest BCUT2D eigenvalue weighted by atomic mass is 10.1. The van der Waals surface area contributed by atoms with Crippen molar-refractivity contribution in [3.05, 3.63) is 70.2 Å². The van der Waals surface area contributed by atoms with Crippen LogP contribution in [0.4, 0.5) is 5.69 Å². The molecule has 7 nitrogen and oxygen atoms in total. The molecule has 1 aromatic heterocycles. The number of benzene rings is 2. The largest absolute Gasteiger partial charge is 0.442 e.